The molecule has 1 rings (SSSR count). The highest BCUT2D eigenvalue weighted by Crippen LogP contribution is 2.34. The van der Waals surface area contributed by atoms with Crippen molar-refractivity contribution in [1.29, 1.82) is 0 Å². The zero-order chi connectivity index (χ0) is 14.1. The zero-order valence-corrected chi connectivity index (χ0v) is 14.1. The minimum Gasteiger partial charge on any atom is -0.492 e. The fraction of sp³-hybridized carbons (Fsp3) is 0.538. The highest BCUT2D eigenvalue weighted by atomic mass is 79.9. The zero-order valence-electron chi connectivity index (χ0n) is 10.9. The van der Waals surface area contributed by atoms with Crippen LogP contribution in [0.5, 0.6) is 5.75 Å². The summed E-state index contributed by atoms with van der Waals surface area (Å²) in [6.07, 6.45) is 0. The van der Waals surface area contributed by atoms with Crippen molar-refractivity contribution in [3.05, 3.63) is 26.6 Å². The molecule has 108 valence electrons. The molecule has 0 radical (unpaired) electrons. The number of hydrogen-bond acceptors (Lipinski definition) is 4. The molecule has 1 aromatic rings. The van der Waals surface area contributed by atoms with Gasteiger partial charge in [-0.3, -0.25) is 0 Å². The monoisotopic (exact) mass is 395 g/mol. The summed E-state index contributed by atoms with van der Waals surface area (Å²) in [5, 5.41) is 11.8. The van der Waals surface area contributed by atoms with Crippen LogP contribution in [-0.2, 0) is 11.3 Å². The van der Waals surface area contributed by atoms with Crippen LogP contribution in [-0.4, -0.2) is 38.1 Å². The van der Waals surface area contributed by atoms with Crippen molar-refractivity contribution in [3.63, 3.8) is 0 Å². The van der Waals surface area contributed by atoms with Crippen LogP contribution in [0, 0.1) is 0 Å². The molecule has 0 atom stereocenters. The van der Waals surface area contributed by atoms with E-state index in [0.29, 0.717) is 19.8 Å². The Labute approximate surface area is 130 Å². The van der Waals surface area contributed by atoms with E-state index in [1.807, 2.05) is 19.1 Å². The maximum atomic E-state index is 8.56. The topological polar surface area (TPSA) is 50.7 Å². The smallest absolute Gasteiger partial charge is 0.147 e. The maximum absolute atomic E-state index is 8.56. The minimum absolute atomic E-state index is 0.0682. The summed E-state index contributed by atoms with van der Waals surface area (Å²) in [6, 6.07) is 4.08. The number of aliphatic hydroxyl groups is 1. The minimum atomic E-state index is 0.0682. The third-order valence-electron chi connectivity index (χ3n) is 2.33. The Morgan fingerprint density at radius 3 is 2.47 bits per heavy atom. The van der Waals surface area contributed by atoms with Gasteiger partial charge in [-0.25, -0.2) is 0 Å². The lowest BCUT2D eigenvalue weighted by Gasteiger charge is -2.11. The number of ether oxygens (including phenoxy) is 2. The molecule has 0 unspecified atom stereocenters. The predicted octanol–water partition coefficient (Wildman–Crippen LogP) is 2.71. The summed E-state index contributed by atoms with van der Waals surface area (Å²) < 4.78 is 12.6. The quantitative estimate of drug-likeness (QED) is 0.630. The van der Waals surface area contributed by atoms with Crippen molar-refractivity contribution in [3.8, 4) is 5.75 Å². The van der Waals surface area contributed by atoms with Gasteiger partial charge in [-0.05, 0) is 56.5 Å². The first kappa shape index (κ1) is 16.9. The van der Waals surface area contributed by atoms with E-state index in [2.05, 4.69) is 37.2 Å². The van der Waals surface area contributed by atoms with Gasteiger partial charge in [-0.15, -0.1) is 0 Å². The number of benzene rings is 1. The highest BCUT2D eigenvalue weighted by molar-refractivity contribution is 9.11. The predicted molar refractivity (Wildman–Crippen MR) is 82.6 cm³/mol. The molecule has 0 spiro atoms. The van der Waals surface area contributed by atoms with Crippen LogP contribution >= 0.6 is 31.9 Å². The average molecular weight is 397 g/mol. The van der Waals surface area contributed by atoms with E-state index in [9.17, 15) is 0 Å². The second-order valence-corrected chi connectivity index (χ2v) is 5.54. The van der Waals surface area contributed by atoms with Gasteiger partial charge in [-0.1, -0.05) is 0 Å². The Morgan fingerprint density at radius 2 is 1.89 bits per heavy atom. The van der Waals surface area contributed by atoms with Gasteiger partial charge in [0.15, 0.2) is 0 Å². The van der Waals surface area contributed by atoms with Gasteiger partial charge in [0.2, 0.25) is 0 Å². The SMILES string of the molecule is CCOc1c(Br)cc(CNCCOCCO)cc1Br. The molecule has 0 fully saturated rings. The van der Waals surface area contributed by atoms with Gasteiger partial charge in [0, 0.05) is 13.1 Å². The summed E-state index contributed by atoms with van der Waals surface area (Å²) >= 11 is 7.01. The van der Waals surface area contributed by atoms with Crippen LogP contribution in [0.25, 0.3) is 0 Å². The molecule has 0 aromatic heterocycles. The first-order chi connectivity index (χ1) is 9.19. The molecule has 4 nitrogen and oxygen atoms in total. The molecule has 6 heteroatoms. The first-order valence-electron chi connectivity index (χ1n) is 6.19. The van der Waals surface area contributed by atoms with E-state index in [1.165, 1.54) is 0 Å². The number of rotatable bonds is 9. The van der Waals surface area contributed by atoms with E-state index < -0.39 is 0 Å². The van der Waals surface area contributed by atoms with Crippen LogP contribution in [0.15, 0.2) is 21.1 Å². The molecule has 19 heavy (non-hydrogen) atoms. The van der Waals surface area contributed by atoms with E-state index in [4.69, 9.17) is 14.6 Å². The number of hydrogen-bond donors (Lipinski definition) is 2. The van der Waals surface area contributed by atoms with Crippen LogP contribution < -0.4 is 10.1 Å². The molecule has 0 bridgehead atoms. The molecule has 0 amide bonds. The Bertz CT molecular complexity index is 365. The summed E-state index contributed by atoms with van der Waals surface area (Å²) in [6.45, 7) is 5.16. The number of halogens is 2. The molecular formula is C13H19Br2NO3. The van der Waals surface area contributed by atoms with Crippen LogP contribution in [0.3, 0.4) is 0 Å². The van der Waals surface area contributed by atoms with Crippen molar-refractivity contribution in [2.45, 2.75) is 13.5 Å². The van der Waals surface area contributed by atoms with Crippen LogP contribution in [0.1, 0.15) is 12.5 Å². The lowest BCUT2D eigenvalue weighted by atomic mass is 10.2. The number of nitrogens with one attached hydrogen (secondary N) is 1. The maximum Gasteiger partial charge on any atom is 0.147 e. The molecule has 0 heterocycles. The van der Waals surface area contributed by atoms with Gasteiger partial charge in [-0.2, -0.15) is 0 Å². The van der Waals surface area contributed by atoms with Crippen molar-refractivity contribution in [1.82, 2.24) is 5.32 Å². The number of aliphatic hydroxyl groups excluding tert-OH is 1. The van der Waals surface area contributed by atoms with E-state index >= 15 is 0 Å². The molecule has 0 saturated carbocycles. The molecule has 0 aliphatic carbocycles. The Morgan fingerprint density at radius 1 is 1.21 bits per heavy atom. The van der Waals surface area contributed by atoms with Gasteiger partial charge >= 0.3 is 0 Å². The van der Waals surface area contributed by atoms with E-state index in [0.717, 1.165) is 33.3 Å². The lowest BCUT2D eigenvalue weighted by Crippen LogP contribution is -2.20. The highest BCUT2D eigenvalue weighted by Gasteiger charge is 2.08. The molecule has 0 aliphatic rings. The fourth-order valence-electron chi connectivity index (χ4n) is 1.54. The van der Waals surface area contributed by atoms with Crippen molar-refractivity contribution in [2.24, 2.45) is 0 Å². The van der Waals surface area contributed by atoms with E-state index in [1.54, 1.807) is 0 Å². The first-order valence-corrected chi connectivity index (χ1v) is 7.77. The van der Waals surface area contributed by atoms with Gasteiger partial charge in [0.25, 0.3) is 0 Å². The Kier molecular flexibility index (Phi) is 8.65. The lowest BCUT2D eigenvalue weighted by molar-refractivity contribution is 0.0938. The summed E-state index contributed by atoms with van der Waals surface area (Å²) in [7, 11) is 0. The summed E-state index contributed by atoms with van der Waals surface area (Å²) in [4.78, 5) is 0. The van der Waals surface area contributed by atoms with Gasteiger partial charge in [0.1, 0.15) is 5.75 Å². The molecule has 0 saturated heterocycles. The molecular weight excluding hydrogens is 378 g/mol. The van der Waals surface area contributed by atoms with Crippen LogP contribution in [0.2, 0.25) is 0 Å². The second-order valence-electron chi connectivity index (χ2n) is 3.83. The molecule has 0 aliphatic heterocycles. The summed E-state index contributed by atoms with van der Waals surface area (Å²) in [5.41, 5.74) is 1.16. The van der Waals surface area contributed by atoms with Crippen molar-refractivity contribution >= 4 is 31.9 Å². The second kappa shape index (κ2) is 9.72. The molecule has 1 aromatic carbocycles. The Hall–Kier alpha value is -0.140. The van der Waals surface area contributed by atoms with Crippen molar-refractivity contribution in [2.75, 3.05) is 33.0 Å². The summed E-state index contributed by atoms with van der Waals surface area (Å²) in [5.74, 6) is 0.831. The third kappa shape index (κ3) is 6.23. The standard InChI is InChI=1S/C13H19Br2NO3/c1-2-19-13-11(14)7-10(8-12(13)15)9-16-3-5-18-6-4-17/h7-8,16-17H,2-6,9H2,1H3. The van der Waals surface area contributed by atoms with Crippen LogP contribution in [0.4, 0.5) is 0 Å². The fourth-order valence-corrected chi connectivity index (χ4v) is 3.05. The van der Waals surface area contributed by atoms with Crippen molar-refractivity contribution < 1.29 is 14.6 Å². The Balaban J connectivity index is 2.42. The van der Waals surface area contributed by atoms with Gasteiger partial charge < -0.3 is 19.9 Å². The van der Waals surface area contributed by atoms with Gasteiger partial charge in [0.05, 0.1) is 35.4 Å². The average Bonchev–Trinajstić information content (AvgIpc) is 2.38. The molecule has 2 N–H and O–H groups in total. The third-order valence-corrected chi connectivity index (χ3v) is 3.51. The largest absolute Gasteiger partial charge is 0.492 e. The normalized spacial score (nSPS) is 10.7. The van der Waals surface area contributed by atoms with E-state index in [-0.39, 0.29) is 6.61 Å².